The van der Waals surface area contributed by atoms with Gasteiger partial charge >= 0.3 is 27.0 Å². The second-order valence-corrected chi connectivity index (χ2v) is 10.1. The number of para-hydroxylation sites is 1. The molecule has 184 valence electrons. The van der Waals surface area contributed by atoms with Crippen LogP contribution < -0.4 is 4.74 Å². The first-order valence-electron chi connectivity index (χ1n) is 10.3. The molecule has 0 aliphatic rings. The fraction of sp³-hybridized carbons (Fsp3) is 0.269. The van der Waals surface area contributed by atoms with E-state index in [-0.39, 0.29) is 13.2 Å². The molecule has 34 heavy (non-hydrogen) atoms. The second kappa shape index (κ2) is 14.0. The molecular weight excluding hydrogens is 557 g/mol. The molecule has 0 fully saturated rings. The molecule has 0 heterocycles. The third-order valence-corrected chi connectivity index (χ3v) is 5.84. The van der Waals surface area contributed by atoms with Crippen molar-refractivity contribution in [3.8, 4) is 5.75 Å². The number of hydrogen-bond donors (Lipinski definition) is 0. The van der Waals surface area contributed by atoms with E-state index in [0.717, 1.165) is 0 Å². The van der Waals surface area contributed by atoms with Crippen molar-refractivity contribution in [1.82, 2.24) is 0 Å². The molecule has 0 bridgehead atoms. The molecule has 8 heteroatoms. The van der Waals surface area contributed by atoms with Gasteiger partial charge in [0.25, 0.3) is 0 Å². The van der Waals surface area contributed by atoms with Crippen LogP contribution in [0.1, 0.15) is 49.5 Å². The number of nitrogens with zero attached hydrogens (tertiary/aromatic N) is 1. The van der Waals surface area contributed by atoms with Gasteiger partial charge in [0.05, 0.1) is 15.8 Å². The molecule has 0 saturated carbocycles. The fourth-order valence-corrected chi connectivity index (χ4v) is 4.56. The molecule has 1 N–H and O–H groups in total. The first kappa shape index (κ1) is 30.3. The van der Waals surface area contributed by atoms with Gasteiger partial charge in [0.2, 0.25) is 0 Å². The van der Waals surface area contributed by atoms with Crippen molar-refractivity contribution in [1.29, 1.82) is 0 Å². The van der Waals surface area contributed by atoms with E-state index in [4.69, 9.17) is 10.5 Å². The Morgan fingerprint density at radius 3 is 1.88 bits per heavy atom. The van der Waals surface area contributed by atoms with Gasteiger partial charge in [0, 0.05) is 5.56 Å². The van der Waals surface area contributed by atoms with Crippen LogP contribution in [0.3, 0.4) is 0 Å². The van der Waals surface area contributed by atoms with Gasteiger partial charge < -0.3 is 22.6 Å². The zero-order valence-electron chi connectivity index (χ0n) is 19.8. The summed E-state index contributed by atoms with van der Waals surface area (Å²) >= 11 is 1.82. The van der Waals surface area contributed by atoms with Crippen LogP contribution >= 0.6 is 9.69 Å². The van der Waals surface area contributed by atoms with Gasteiger partial charge in [-0.2, -0.15) is 0 Å². The topological polar surface area (TPSA) is 81.3 Å². The molecule has 3 aromatic carbocycles. The maximum atomic E-state index is 13.1. The summed E-state index contributed by atoms with van der Waals surface area (Å²) in [6.45, 7) is 5.75. The van der Waals surface area contributed by atoms with Crippen LogP contribution in [-0.4, -0.2) is 14.0 Å². The van der Waals surface area contributed by atoms with E-state index in [9.17, 15) is 8.42 Å². The van der Waals surface area contributed by atoms with Crippen molar-refractivity contribution in [2.45, 2.75) is 44.2 Å². The summed E-state index contributed by atoms with van der Waals surface area (Å²) < 4.78 is 36.4. The Balaban J connectivity index is 0.00000188. The number of sulfonamides is 1. The predicted molar refractivity (Wildman–Crippen MR) is 138 cm³/mol. The molecule has 0 aromatic heterocycles. The molecule has 2 atom stereocenters. The van der Waals surface area contributed by atoms with Crippen molar-refractivity contribution in [2.75, 3.05) is 0 Å². The Morgan fingerprint density at radius 2 is 1.35 bits per heavy atom. The molecule has 0 amide bonds. The number of nitrogens with one attached hydrogen (secondary N) is 1. The summed E-state index contributed by atoms with van der Waals surface area (Å²) in [4.78, 5) is 0. The monoisotopic (exact) mass is 588 g/mol. The summed E-state index contributed by atoms with van der Waals surface area (Å²) in [5, 5.41) is 0. The van der Waals surface area contributed by atoms with Crippen LogP contribution in [-0.2, 0) is 33.1 Å². The van der Waals surface area contributed by atoms with Crippen molar-refractivity contribution >= 4 is 19.7 Å². The Hall–Kier alpha value is -1.76. The van der Waals surface area contributed by atoms with Gasteiger partial charge in [-0.3, -0.25) is 0 Å². The summed E-state index contributed by atoms with van der Waals surface area (Å²) in [5.74, 6) is 0.236. The third kappa shape index (κ3) is 9.48. The first-order chi connectivity index (χ1) is 15.6. The summed E-state index contributed by atoms with van der Waals surface area (Å²) in [5.41, 5.74) is 10.2. The minimum absolute atomic E-state index is 0. The van der Waals surface area contributed by atoms with E-state index < -0.39 is 27.7 Å². The molecule has 3 rings (SSSR count). The second-order valence-electron chi connectivity index (χ2n) is 8.40. The quantitative estimate of drug-likeness (QED) is 0.200. The van der Waals surface area contributed by atoms with E-state index in [1.807, 2.05) is 105 Å². The average Bonchev–Trinajstić information content (AvgIpc) is 2.80. The van der Waals surface area contributed by atoms with E-state index in [2.05, 4.69) is 14.4 Å². The molecule has 3 aromatic rings. The van der Waals surface area contributed by atoms with Crippen LogP contribution in [0.2, 0.25) is 0 Å². The van der Waals surface area contributed by atoms with Gasteiger partial charge in [0.15, 0.2) is 0 Å². The summed E-state index contributed by atoms with van der Waals surface area (Å²) in [7, 11) is 0.681. The SMILES string of the molecule is CC(C)(C)Oc1ccccc1CS(=O)(=O)[N-]C(c1ccccc1)C([NH-])c1ccccc1.[CH3-].[Cl][Ru+3]. The van der Waals surface area contributed by atoms with Gasteiger partial charge in [-0.15, -0.1) is 12.1 Å². The molecule has 0 spiro atoms. The van der Waals surface area contributed by atoms with Crippen molar-refractivity contribution in [3.05, 3.63) is 120 Å². The van der Waals surface area contributed by atoms with Crippen molar-refractivity contribution in [3.63, 3.8) is 0 Å². The zero-order chi connectivity index (χ0) is 24.5. The Bertz CT molecular complexity index is 1090. The van der Waals surface area contributed by atoms with Gasteiger partial charge in [-0.25, -0.2) is 8.42 Å². The van der Waals surface area contributed by atoms with E-state index in [1.165, 1.54) is 0 Å². The minimum atomic E-state index is -3.89. The van der Waals surface area contributed by atoms with Crippen LogP contribution in [0.15, 0.2) is 84.9 Å². The van der Waals surface area contributed by atoms with Crippen LogP contribution in [0.25, 0.3) is 10.5 Å². The Kier molecular flexibility index (Phi) is 12.4. The molecular formula is C26H31ClN2O3RuS. The van der Waals surface area contributed by atoms with E-state index in [1.54, 1.807) is 18.2 Å². The first-order valence-corrected chi connectivity index (χ1v) is 14.2. The predicted octanol–water partition coefficient (Wildman–Crippen LogP) is 7.74. The molecule has 0 aliphatic heterocycles. The number of halogens is 1. The zero-order valence-corrected chi connectivity index (χ0v) is 23.1. The number of hydrogen-bond acceptors (Lipinski definition) is 3. The molecule has 2 unspecified atom stereocenters. The fourth-order valence-electron chi connectivity index (χ4n) is 3.27. The molecule has 0 saturated heterocycles. The Morgan fingerprint density at radius 1 is 0.882 bits per heavy atom. The number of ether oxygens (including phenoxy) is 1. The molecule has 0 radical (unpaired) electrons. The summed E-state index contributed by atoms with van der Waals surface area (Å²) in [6.07, 6.45) is 0. The normalized spacial score (nSPS) is 13.0. The average molecular weight is 588 g/mol. The third-order valence-electron chi connectivity index (χ3n) is 4.62. The standard InChI is InChI=1S/C25H28N2O3S.CH3.ClH.Ru/c1-25(2,3)30-22-17-11-10-16-21(22)18-31(28,29)27-24(20-14-8-5-9-15-20)23(26)19-12-6-4-7-13-19;;;/h4-17,23-24,26H,18H2,1-3H3;1H3;1H;/q-2;-1;;+4/p-1. The summed E-state index contributed by atoms with van der Waals surface area (Å²) in [6, 6.07) is 23.7. The van der Waals surface area contributed by atoms with Crippen LogP contribution in [0, 0.1) is 7.43 Å². The molecule has 0 aliphatic carbocycles. The number of rotatable bonds is 8. The van der Waals surface area contributed by atoms with E-state index >= 15 is 0 Å². The van der Waals surface area contributed by atoms with E-state index in [0.29, 0.717) is 22.4 Å². The molecule has 5 nitrogen and oxygen atoms in total. The van der Waals surface area contributed by atoms with Crippen molar-refractivity contribution in [2.24, 2.45) is 0 Å². The van der Waals surface area contributed by atoms with Gasteiger partial charge in [-0.1, -0.05) is 90.0 Å². The van der Waals surface area contributed by atoms with Crippen LogP contribution in [0.5, 0.6) is 5.75 Å². The maximum absolute atomic E-state index is 13.1. The van der Waals surface area contributed by atoms with Crippen LogP contribution in [0.4, 0.5) is 0 Å². The van der Waals surface area contributed by atoms with Gasteiger partial charge in [0.1, 0.15) is 11.4 Å². The van der Waals surface area contributed by atoms with Gasteiger partial charge in [-0.05, 0) is 26.8 Å². The number of benzene rings is 3. The Labute approximate surface area is 218 Å². The van der Waals surface area contributed by atoms with Crippen molar-refractivity contribution < 1.29 is 30.5 Å².